The summed E-state index contributed by atoms with van der Waals surface area (Å²) in [6.07, 6.45) is -0.302. The van der Waals surface area contributed by atoms with E-state index in [9.17, 15) is 9.59 Å². The van der Waals surface area contributed by atoms with Gasteiger partial charge in [-0.05, 0) is 52.0 Å². The fourth-order valence-corrected chi connectivity index (χ4v) is 1.73. The topological polar surface area (TPSA) is 64.6 Å². The first-order valence-electron chi connectivity index (χ1n) is 6.88. The molecule has 1 aromatic carbocycles. The molecule has 1 aromatic rings. The second-order valence-electron chi connectivity index (χ2n) is 5.90. The first-order valence-corrected chi connectivity index (χ1v) is 6.88. The van der Waals surface area contributed by atoms with Gasteiger partial charge in [-0.3, -0.25) is 4.79 Å². The van der Waals surface area contributed by atoms with Crippen LogP contribution in [0.15, 0.2) is 24.3 Å². The van der Waals surface area contributed by atoms with Crippen LogP contribution >= 0.6 is 0 Å². The first kappa shape index (κ1) is 17.0. The third kappa shape index (κ3) is 6.29. The van der Waals surface area contributed by atoms with Crippen molar-refractivity contribution in [3.05, 3.63) is 29.8 Å². The van der Waals surface area contributed by atoms with Gasteiger partial charge in [0.1, 0.15) is 11.4 Å². The highest BCUT2D eigenvalue weighted by Gasteiger charge is 2.19. The minimum atomic E-state index is -0.552. The van der Waals surface area contributed by atoms with E-state index in [1.165, 1.54) is 0 Å². The van der Waals surface area contributed by atoms with Crippen LogP contribution in [-0.2, 0) is 4.74 Å². The Morgan fingerprint density at radius 2 is 1.76 bits per heavy atom. The summed E-state index contributed by atoms with van der Waals surface area (Å²) in [7, 11) is 1.57. The Hall–Kier alpha value is -2.04. The Morgan fingerprint density at radius 3 is 2.24 bits per heavy atom. The molecule has 5 nitrogen and oxygen atoms in total. The molecular weight excluding hydrogens is 270 g/mol. The van der Waals surface area contributed by atoms with Gasteiger partial charge in [0.05, 0.1) is 7.11 Å². The zero-order valence-electron chi connectivity index (χ0n) is 13.2. The molecule has 0 bridgehead atoms. The summed E-state index contributed by atoms with van der Waals surface area (Å²) in [5.41, 5.74) is 0.0395. The Bertz CT molecular complexity index is 488. The van der Waals surface area contributed by atoms with Crippen LogP contribution in [-0.4, -0.2) is 30.6 Å². The van der Waals surface area contributed by atoms with E-state index >= 15 is 0 Å². The average molecular weight is 293 g/mol. The number of hydrogen-bond acceptors (Lipinski definition) is 4. The van der Waals surface area contributed by atoms with Crippen molar-refractivity contribution in [3.8, 4) is 5.75 Å². The molecule has 0 aliphatic carbocycles. The molecule has 0 aromatic heterocycles. The number of carbonyl (C=O) groups is 2. The molecule has 0 aliphatic heterocycles. The van der Waals surface area contributed by atoms with Crippen molar-refractivity contribution in [1.29, 1.82) is 0 Å². The zero-order chi connectivity index (χ0) is 16.0. The van der Waals surface area contributed by atoms with Crippen LogP contribution < -0.4 is 10.1 Å². The van der Waals surface area contributed by atoms with Crippen LogP contribution in [0.25, 0.3) is 0 Å². The number of benzene rings is 1. The van der Waals surface area contributed by atoms with E-state index in [1.807, 2.05) is 0 Å². The number of amides is 1. The number of methoxy groups -OCH3 is 1. The molecule has 1 rings (SSSR count). The van der Waals surface area contributed by atoms with Crippen molar-refractivity contribution in [2.45, 2.75) is 45.8 Å². The third-order valence-corrected chi connectivity index (χ3v) is 2.67. The molecular formula is C16H23NO4. The Labute approximate surface area is 125 Å². The number of nitrogens with one attached hydrogen (secondary N) is 1. The van der Waals surface area contributed by atoms with E-state index in [4.69, 9.17) is 9.47 Å². The second kappa shape index (κ2) is 7.11. The van der Waals surface area contributed by atoms with Crippen molar-refractivity contribution in [1.82, 2.24) is 5.32 Å². The van der Waals surface area contributed by atoms with Gasteiger partial charge >= 0.3 is 6.09 Å². The van der Waals surface area contributed by atoms with Gasteiger partial charge in [-0.15, -0.1) is 0 Å². The maximum Gasteiger partial charge on any atom is 0.407 e. The van der Waals surface area contributed by atoms with Gasteiger partial charge in [-0.25, -0.2) is 4.79 Å². The molecule has 0 saturated carbocycles. The first-order chi connectivity index (χ1) is 9.71. The highest BCUT2D eigenvalue weighted by atomic mass is 16.6. The van der Waals surface area contributed by atoms with Crippen LogP contribution in [0.2, 0.25) is 0 Å². The van der Waals surface area contributed by atoms with Crippen LogP contribution in [0, 0.1) is 0 Å². The summed E-state index contributed by atoms with van der Waals surface area (Å²) in [5.74, 6) is 0.660. The van der Waals surface area contributed by atoms with Gasteiger partial charge < -0.3 is 14.8 Å². The van der Waals surface area contributed by atoms with E-state index < -0.39 is 11.7 Å². The molecule has 1 unspecified atom stereocenters. The van der Waals surface area contributed by atoms with Gasteiger partial charge in [-0.1, -0.05) is 0 Å². The van der Waals surface area contributed by atoms with Crippen molar-refractivity contribution < 1.29 is 19.1 Å². The van der Waals surface area contributed by atoms with Crippen molar-refractivity contribution in [2.24, 2.45) is 0 Å². The summed E-state index contributed by atoms with van der Waals surface area (Å²) in [5, 5.41) is 2.65. The van der Waals surface area contributed by atoms with Gasteiger partial charge in [0.15, 0.2) is 5.78 Å². The number of hydrogen-bond donors (Lipinski definition) is 1. The lowest BCUT2D eigenvalue weighted by molar-refractivity contribution is 0.0506. The highest BCUT2D eigenvalue weighted by Crippen LogP contribution is 2.13. The van der Waals surface area contributed by atoms with Crippen LogP contribution in [0.5, 0.6) is 5.75 Å². The van der Waals surface area contributed by atoms with E-state index in [2.05, 4.69) is 5.32 Å². The zero-order valence-corrected chi connectivity index (χ0v) is 13.2. The highest BCUT2D eigenvalue weighted by molar-refractivity contribution is 5.96. The van der Waals surface area contributed by atoms with Gasteiger partial charge in [0.25, 0.3) is 0 Å². The van der Waals surface area contributed by atoms with Crippen LogP contribution in [0.1, 0.15) is 44.5 Å². The average Bonchev–Trinajstić information content (AvgIpc) is 2.36. The number of Topliss-reactive ketones (excluding diaryl/α,β-unsaturated/α-hetero) is 1. The van der Waals surface area contributed by atoms with Crippen molar-refractivity contribution in [2.75, 3.05) is 7.11 Å². The van der Waals surface area contributed by atoms with E-state index in [-0.39, 0.29) is 18.2 Å². The number of ketones is 1. The Balaban J connectivity index is 2.51. The normalized spacial score (nSPS) is 12.4. The smallest absolute Gasteiger partial charge is 0.407 e. The summed E-state index contributed by atoms with van der Waals surface area (Å²) in [4.78, 5) is 23.7. The van der Waals surface area contributed by atoms with E-state index in [0.717, 1.165) is 0 Å². The Morgan fingerprint density at radius 1 is 1.19 bits per heavy atom. The van der Waals surface area contributed by atoms with Crippen LogP contribution in [0.4, 0.5) is 4.79 Å². The number of alkyl carbamates (subject to hydrolysis) is 1. The quantitative estimate of drug-likeness (QED) is 0.847. The van der Waals surface area contributed by atoms with Crippen molar-refractivity contribution in [3.63, 3.8) is 0 Å². The molecule has 5 heteroatoms. The van der Waals surface area contributed by atoms with Gasteiger partial charge in [0.2, 0.25) is 0 Å². The second-order valence-corrected chi connectivity index (χ2v) is 5.90. The summed E-state index contributed by atoms with van der Waals surface area (Å²) in [6, 6.07) is 6.59. The predicted octanol–water partition coefficient (Wildman–Crippen LogP) is 3.18. The molecule has 0 aliphatic rings. The minimum absolute atomic E-state index is 0.0405. The molecule has 0 radical (unpaired) electrons. The van der Waals surface area contributed by atoms with Gasteiger partial charge in [-0.2, -0.15) is 0 Å². The number of ether oxygens (including phenoxy) is 2. The monoisotopic (exact) mass is 293 g/mol. The van der Waals surface area contributed by atoms with Crippen LogP contribution in [0.3, 0.4) is 0 Å². The molecule has 116 valence electrons. The molecule has 1 atom stereocenters. The molecule has 0 saturated heterocycles. The van der Waals surface area contributed by atoms with Crippen molar-refractivity contribution >= 4 is 11.9 Å². The predicted molar refractivity (Wildman–Crippen MR) is 80.8 cm³/mol. The van der Waals surface area contributed by atoms with Gasteiger partial charge in [0, 0.05) is 18.0 Å². The lowest BCUT2D eigenvalue weighted by atomic mass is 10.0. The van der Waals surface area contributed by atoms with E-state index in [1.54, 1.807) is 59.1 Å². The summed E-state index contributed by atoms with van der Waals surface area (Å²) < 4.78 is 10.2. The number of carbonyl (C=O) groups excluding carboxylic acids is 2. The fourth-order valence-electron chi connectivity index (χ4n) is 1.73. The standard InChI is InChI=1S/C16H23NO4/c1-11(17-15(19)21-16(2,3)4)10-14(18)12-6-8-13(20-5)9-7-12/h6-9,11H,10H2,1-5H3,(H,17,19). The molecule has 21 heavy (non-hydrogen) atoms. The molecule has 0 fully saturated rings. The lowest BCUT2D eigenvalue weighted by Gasteiger charge is -2.21. The fraction of sp³-hybridized carbons (Fsp3) is 0.500. The molecule has 1 N–H and O–H groups in total. The Kier molecular flexibility index (Phi) is 5.76. The largest absolute Gasteiger partial charge is 0.497 e. The lowest BCUT2D eigenvalue weighted by Crippen LogP contribution is -2.38. The molecule has 0 heterocycles. The summed E-state index contributed by atoms with van der Waals surface area (Å²) in [6.45, 7) is 7.14. The molecule has 0 spiro atoms. The van der Waals surface area contributed by atoms with E-state index in [0.29, 0.717) is 11.3 Å². The maximum absolute atomic E-state index is 12.1. The SMILES string of the molecule is COc1ccc(C(=O)CC(C)NC(=O)OC(C)(C)C)cc1. The summed E-state index contributed by atoms with van der Waals surface area (Å²) >= 11 is 0. The minimum Gasteiger partial charge on any atom is -0.497 e. The maximum atomic E-state index is 12.1. The third-order valence-electron chi connectivity index (χ3n) is 2.67. The number of rotatable bonds is 5. The molecule has 1 amide bonds.